The zero-order chi connectivity index (χ0) is 14.5. The Labute approximate surface area is 134 Å². The van der Waals surface area contributed by atoms with Crippen LogP contribution < -0.4 is 9.47 Å². The minimum atomic E-state index is 0.659. The molecule has 0 fully saturated rings. The summed E-state index contributed by atoms with van der Waals surface area (Å²) in [5.41, 5.74) is 3.31. The lowest BCUT2D eigenvalue weighted by Gasteiger charge is -2.09. The van der Waals surface area contributed by atoms with Crippen LogP contribution in [0, 0.1) is 0 Å². The van der Waals surface area contributed by atoms with Gasteiger partial charge >= 0.3 is 0 Å². The van der Waals surface area contributed by atoms with Crippen LogP contribution in [0.2, 0.25) is 0 Å². The lowest BCUT2D eigenvalue weighted by atomic mass is 10.2. The van der Waals surface area contributed by atoms with E-state index in [1.54, 1.807) is 14.2 Å². The summed E-state index contributed by atoms with van der Waals surface area (Å²) in [6.07, 6.45) is 0. The molecule has 0 aliphatic carbocycles. The molecule has 0 spiro atoms. The van der Waals surface area contributed by atoms with Crippen LogP contribution in [0.15, 0.2) is 24.3 Å². The smallest absolute Gasteiger partial charge is 0.122 e. The van der Waals surface area contributed by atoms with Crippen LogP contribution in [0.5, 0.6) is 11.5 Å². The lowest BCUT2D eigenvalue weighted by Crippen LogP contribution is -1.97. The number of pyridine rings is 2. The fourth-order valence-electron chi connectivity index (χ4n) is 1.75. The van der Waals surface area contributed by atoms with E-state index in [1.165, 1.54) is 0 Å². The highest BCUT2D eigenvalue weighted by molar-refractivity contribution is 9.08. The number of nitrogens with zero attached hydrogens (tertiary/aromatic N) is 2. The first-order valence-corrected chi connectivity index (χ1v) is 8.16. The largest absolute Gasteiger partial charge is 0.497 e. The van der Waals surface area contributed by atoms with Crippen LogP contribution in [0.25, 0.3) is 11.4 Å². The Balaban J connectivity index is 2.54. The van der Waals surface area contributed by atoms with Crippen LogP contribution in [0.4, 0.5) is 0 Å². The van der Waals surface area contributed by atoms with Crippen molar-refractivity contribution in [2.45, 2.75) is 10.7 Å². The molecule has 2 aromatic rings. The van der Waals surface area contributed by atoms with Crippen molar-refractivity contribution >= 4 is 31.9 Å². The molecule has 0 aliphatic heterocycles. The maximum absolute atomic E-state index is 5.30. The minimum absolute atomic E-state index is 0.659. The Morgan fingerprint density at radius 1 is 0.800 bits per heavy atom. The third-order valence-corrected chi connectivity index (χ3v) is 3.86. The molecule has 0 bridgehead atoms. The first-order valence-electron chi connectivity index (χ1n) is 5.92. The van der Waals surface area contributed by atoms with Gasteiger partial charge < -0.3 is 9.47 Å². The third-order valence-electron chi connectivity index (χ3n) is 2.71. The van der Waals surface area contributed by atoms with Gasteiger partial charge in [-0.2, -0.15) is 0 Å². The molecule has 0 aliphatic rings. The molecule has 0 amide bonds. The van der Waals surface area contributed by atoms with E-state index in [2.05, 4.69) is 41.8 Å². The average Bonchev–Trinajstić information content (AvgIpc) is 2.53. The summed E-state index contributed by atoms with van der Waals surface area (Å²) in [6, 6.07) is 7.52. The van der Waals surface area contributed by atoms with E-state index in [0.717, 1.165) is 34.3 Å². The highest BCUT2D eigenvalue weighted by Gasteiger charge is 2.09. The quantitative estimate of drug-likeness (QED) is 0.711. The van der Waals surface area contributed by atoms with Crippen molar-refractivity contribution in [3.05, 3.63) is 35.7 Å². The number of hydrogen-bond donors (Lipinski definition) is 0. The SMILES string of the molecule is COc1cc(CBr)nc(-c2cc(OC)cc(CBr)n2)c1. The Hall–Kier alpha value is -1.14. The molecule has 0 saturated heterocycles. The van der Waals surface area contributed by atoms with E-state index in [0.29, 0.717) is 10.7 Å². The second kappa shape index (κ2) is 7.04. The molecule has 2 rings (SSSR count). The predicted octanol–water partition coefficient (Wildman–Crippen LogP) is 3.95. The van der Waals surface area contributed by atoms with Gasteiger partial charge in [-0.1, -0.05) is 31.9 Å². The molecule has 20 heavy (non-hydrogen) atoms. The normalized spacial score (nSPS) is 10.4. The third kappa shape index (κ3) is 3.49. The van der Waals surface area contributed by atoms with Gasteiger partial charge in [0, 0.05) is 34.9 Å². The Morgan fingerprint density at radius 2 is 1.20 bits per heavy atom. The number of halogens is 2. The number of methoxy groups -OCH3 is 2. The zero-order valence-electron chi connectivity index (χ0n) is 11.2. The number of aromatic nitrogens is 2. The van der Waals surface area contributed by atoms with Crippen LogP contribution in [0.3, 0.4) is 0 Å². The Bertz CT molecular complexity index is 508. The van der Waals surface area contributed by atoms with Gasteiger partial charge in [0.05, 0.1) is 37.0 Å². The maximum Gasteiger partial charge on any atom is 0.122 e. The predicted molar refractivity (Wildman–Crippen MR) is 85.8 cm³/mol. The number of hydrogen-bond acceptors (Lipinski definition) is 4. The van der Waals surface area contributed by atoms with Gasteiger partial charge in [-0.3, -0.25) is 9.97 Å². The molecule has 0 saturated carbocycles. The Morgan fingerprint density at radius 3 is 1.50 bits per heavy atom. The van der Waals surface area contributed by atoms with Crippen LogP contribution in [-0.2, 0) is 10.7 Å². The zero-order valence-corrected chi connectivity index (χ0v) is 14.4. The lowest BCUT2D eigenvalue weighted by molar-refractivity contribution is 0.413. The molecular weight excluding hydrogens is 388 g/mol. The number of ether oxygens (including phenoxy) is 2. The van der Waals surface area contributed by atoms with Gasteiger partial charge in [-0.25, -0.2) is 0 Å². The van der Waals surface area contributed by atoms with Crippen molar-refractivity contribution in [2.75, 3.05) is 14.2 Å². The van der Waals surface area contributed by atoms with Crippen LogP contribution >= 0.6 is 31.9 Å². The summed E-state index contributed by atoms with van der Waals surface area (Å²) in [4.78, 5) is 9.12. The van der Waals surface area contributed by atoms with Crippen molar-refractivity contribution in [3.63, 3.8) is 0 Å². The highest BCUT2D eigenvalue weighted by atomic mass is 79.9. The number of rotatable bonds is 5. The van der Waals surface area contributed by atoms with Gasteiger partial charge in [0.2, 0.25) is 0 Å². The summed E-state index contributed by atoms with van der Waals surface area (Å²) < 4.78 is 10.6. The molecule has 106 valence electrons. The molecule has 2 aromatic heterocycles. The van der Waals surface area contributed by atoms with E-state index >= 15 is 0 Å². The summed E-state index contributed by atoms with van der Waals surface area (Å²) in [7, 11) is 3.28. The molecule has 6 heteroatoms. The maximum atomic E-state index is 5.30. The van der Waals surface area contributed by atoms with Crippen molar-refractivity contribution in [2.24, 2.45) is 0 Å². The van der Waals surface area contributed by atoms with E-state index in [-0.39, 0.29) is 0 Å². The van der Waals surface area contributed by atoms with Crippen LogP contribution in [-0.4, -0.2) is 24.2 Å². The minimum Gasteiger partial charge on any atom is -0.497 e. The van der Waals surface area contributed by atoms with Crippen molar-refractivity contribution in [3.8, 4) is 22.9 Å². The van der Waals surface area contributed by atoms with Crippen LogP contribution in [0.1, 0.15) is 11.4 Å². The second-order valence-electron chi connectivity index (χ2n) is 4.03. The first-order chi connectivity index (χ1) is 9.69. The number of alkyl halides is 2. The summed E-state index contributed by atoms with van der Waals surface area (Å²) in [5, 5.41) is 1.32. The fourth-order valence-corrected chi connectivity index (χ4v) is 2.33. The van der Waals surface area contributed by atoms with E-state index in [9.17, 15) is 0 Å². The van der Waals surface area contributed by atoms with E-state index < -0.39 is 0 Å². The van der Waals surface area contributed by atoms with Crippen molar-refractivity contribution < 1.29 is 9.47 Å². The molecule has 0 radical (unpaired) electrons. The van der Waals surface area contributed by atoms with Crippen molar-refractivity contribution in [1.82, 2.24) is 9.97 Å². The molecule has 0 N–H and O–H groups in total. The summed E-state index contributed by atoms with van der Waals surface area (Å²) >= 11 is 6.83. The Kier molecular flexibility index (Phi) is 5.37. The molecule has 4 nitrogen and oxygen atoms in total. The highest BCUT2D eigenvalue weighted by Crippen LogP contribution is 2.26. The van der Waals surface area contributed by atoms with E-state index in [1.807, 2.05) is 24.3 Å². The summed E-state index contributed by atoms with van der Waals surface area (Å²) in [6.45, 7) is 0. The van der Waals surface area contributed by atoms with Gasteiger partial charge in [0.25, 0.3) is 0 Å². The molecule has 0 atom stereocenters. The second-order valence-corrected chi connectivity index (χ2v) is 5.16. The van der Waals surface area contributed by atoms with Gasteiger partial charge in [-0.15, -0.1) is 0 Å². The molecule has 2 heterocycles. The monoisotopic (exact) mass is 400 g/mol. The van der Waals surface area contributed by atoms with E-state index in [4.69, 9.17) is 9.47 Å². The van der Waals surface area contributed by atoms with Gasteiger partial charge in [-0.05, 0) is 0 Å². The van der Waals surface area contributed by atoms with Gasteiger partial charge in [0.15, 0.2) is 0 Å². The summed E-state index contributed by atoms with van der Waals surface area (Å²) in [5.74, 6) is 1.52. The first kappa shape index (κ1) is 15.3. The average molecular weight is 402 g/mol. The topological polar surface area (TPSA) is 44.2 Å². The fraction of sp³-hybridized carbons (Fsp3) is 0.286. The molecule has 0 unspecified atom stereocenters. The standard InChI is InChI=1S/C14H14Br2N2O2/c1-19-11-3-9(7-15)17-13(5-11)14-6-12(20-2)4-10(8-16)18-14/h3-6H,7-8H2,1-2H3. The van der Waals surface area contributed by atoms with Crippen molar-refractivity contribution in [1.29, 1.82) is 0 Å². The van der Waals surface area contributed by atoms with Gasteiger partial charge in [0.1, 0.15) is 11.5 Å². The molecule has 0 aromatic carbocycles. The molecular formula is C14H14Br2N2O2.